The SMILES string of the molecule is COC1=C(N2CC3(COC3)C2)CCC=C1N. The number of hydrogen-bond acceptors (Lipinski definition) is 4. The van der Waals surface area contributed by atoms with E-state index in [9.17, 15) is 0 Å². The third-order valence-electron chi connectivity index (χ3n) is 3.72. The van der Waals surface area contributed by atoms with Gasteiger partial charge in [0.1, 0.15) is 0 Å². The van der Waals surface area contributed by atoms with E-state index in [-0.39, 0.29) is 0 Å². The smallest absolute Gasteiger partial charge is 0.160 e. The van der Waals surface area contributed by atoms with Crippen LogP contribution in [-0.2, 0) is 9.47 Å². The van der Waals surface area contributed by atoms with E-state index < -0.39 is 0 Å². The number of ether oxygens (including phenoxy) is 2. The molecule has 0 atom stereocenters. The molecule has 0 radical (unpaired) electrons. The first-order valence-electron chi connectivity index (χ1n) is 5.80. The zero-order valence-electron chi connectivity index (χ0n) is 9.66. The molecule has 0 unspecified atom stereocenters. The molecule has 0 aromatic heterocycles. The lowest BCUT2D eigenvalue weighted by molar-refractivity contribution is -0.181. The standard InChI is InChI=1S/C12H18N2O2/c1-15-11-9(13)3-2-4-10(11)14-5-12(6-14)7-16-8-12/h3H,2,4-8,13H2,1H3. The maximum absolute atomic E-state index is 5.94. The van der Waals surface area contributed by atoms with Gasteiger partial charge < -0.3 is 20.1 Å². The van der Waals surface area contributed by atoms with Crippen LogP contribution in [0.15, 0.2) is 23.2 Å². The summed E-state index contributed by atoms with van der Waals surface area (Å²) in [4.78, 5) is 2.39. The van der Waals surface area contributed by atoms with Crippen LogP contribution in [0.5, 0.6) is 0 Å². The van der Waals surface area contributed by atoms with E-state index in [1.54, 1.807) is 7.11 Å². The molecule has 3 rings (SSSR count). The van der Waals surface area contributed by atoms with Crippen molar-refractivity contribution in [1.82, 2.24) is 4.90 Å². The van der Waals surface area contributed by atoms with Gasteiger partial charge in [-0.25, -0.2) is 0 Å². The third kappa shape index (κ3) is 1.33. The Balaban J connectivity index is 1.76. The lowest BCUT2D eigenvalue weighted by atomic mass is 9.77. The summed E-state index contributed by atoms with van der Waals surface area (Å²) in [6.07, 6.45) is 4.11. The Hall–Kier alpha value is -1.16. The van der Waals surface area contributed by atoms with Gasteiger partial charge in [0.2, 0.25) is 0 Å². The predicted molar refractivity (Wildman–Crippen MR) is 60.4 cm³/mol. The molecule has 0 saturated carbocycles. The molecule has 3 aliphatic rings. The zero-order chi connectivity index (χ0) is 11.2. The molecule has 0 amide bonds. The van der Waals surface area contributed by atoms with Crippen LogP contribution in [0.1, 0.15) is 12.8 Å². The summed E-state index contributed by atoms with van der Waals surface area (Å²) in [6.45, 7) is 4.04. The topological polar surface area (TPSA) is 47.7 Å². The molecule has 4 nitrogen and oxygen atoms in total. The monoisotopic (exact) mass is 222 g/mol. The van der Waals surface area contributed by atoms with E-state index in [0.29, 0.717) is 5.41 Å². The fourth-order valence-electron chi connectivity index (χ4n) is 2.80. The quantitative estimate of drug-likeness (QED) is 0.751. The number of rotatable bonds is 2. The van der Waals surface area contributed by atoms with Crippen LogP contribution in [0, 0.1) is 5.41 Å². The Morgan fingerprint density at radius 2 is 2.19 bits per heavy atom. The Kier molecular flexibility index (Phi) is 2.14. The summed E-state index contributed by atoms with van der Waals surface area (Å²) in [5.41, 5.74) is 8.45. The van der Waals surface area contributed by atoms with Gasteiger partial charge in [0.05, 0.1) is 37.1 Å². The summed E-state index contributed by atoms with van der Waals surface area (Å²) >= 11 is 0. The van der Waals surface area contributed by atoms with E-state index in [4.69, 9.17) is 15.2 Å². The highest BCUT2D eigenvalue weighted by Crippen LogP contribution is 2.42. The van der Waals surface area contributed by atoms with Gasteiger partial charge in [0.25, 0.3) is 0 Å². The third-order valence-corrected chi connectivity index (χ3v) is 3.72. The molecule has 2 fully saturated rings. The van der Waals surface area contributed by atoms with Crippen molar-refractivity contribution in [3.05, 3.63) is 23.2 Å². The first-order chi connectivity index (χ1) is 7.74. The molecule has 1 aliphatic carbocycles. The highest BCUT2D eigenvalue weighted by atomic mass is 16.5. The number of hydrogen-bond donors (Lipinski definition) is 1. The molecular weight excluding hydrogens is 204 g/mol. The highest BCUT2D eigenvalue weighted by molar-refractivity contribution is 5.32. The van der Waals surface area contributed by atoms with E-state index in [1.165, 1.54) is 5.70 Å². The van der Waals surface area contributed by atoms with Crippen LogP contribution >= 0.6 is 0 Å². The molecule has 2 N–H and O–H groups in total. The van der Waals surface area contributed by atoms with Gasteiger partial charge in [-0.1, -0.05) is 6.08 Å². The second-order valence-electron chi connectivity index (χ2n) is 5.03. The summed E-state index contributed by atoms with van der Waals surface area (Å²) in [7, 11) is 1.70. The second kappa shape index (κ2) is 3.42. The van der Waals surface area contributed by atoms with Gasteiger partial charge in [-0.3, -0.25) is 0 Å². The molecular formula is C12H18N2O2. The number of allylic oxidation sites excluding steroid dienone is 2. The first kappa shape index (κ1) is 10.0. The average Bonchev–Trinajstić information content (AvgIpc) is 2.13. The van der Waals surface area contributed by atoms with Crippen LogP contribution in [0.25, 0.3) is 0 Å². The summed E-state index contributed by atoms with van der Waals surface area (Å²) in [6, 6.07) is 0. The second-order valence-corrected chi connectivity index (χ2v) is 5.03. The van der Waals surface area contributed by atoms with Gasteiger partial charge in [0.15, 0.2) is 5.76 Å². The van der Waals surface area contributed by atoms with Gasteiger partial charge in [-0.05, 0) is 12.8 Å². The van der Waals surface area contributed by atoms with Crippen LogP contribution in [0.4, 0.5) is 0 Å². The van der Waals surface area contributed by atoms with E-state index in [0.717, 1.165) is 50.6 Å². The number of likely N-dealkylation sites (tertiary alicyclic amines) is 1. The molecule has 2 aliphatic heterocycles. The largest absolute Gasteiger partial charge is 0.493 e. The zero-order valence-corrected chi connectivity index (χ0v) is 9.66. The van der Waals surface area contributed by atoms with Crippen molar-refractivity contribution >= 4 is 0 Å². The lowest BCUT2D eigenvalue weighted by Gasteiger charge is -2.57. The van der Waals surface area contributed by atoms with E-state index in [2.05, 4.69) is 4.90 Å². The number of methoxy groups -OCH3 is 1. The molecule has 2 heterocycles. The van der Waals surface area contributed by atoms with Crippen molar-refractivity contribution in [1.29, 1.82) is 0 Å². The minimum Gasteiger partial charge on any atom is -0.493 e. The van der Waals surface area contributed by atoms with Crippen LogP contribution < -0.4 is 5.73 Å². The molecule has 0 bridgehead atoms. The van der Waals surface area contributed by atoms with Crippen LogP contribution in [0.2, 0.25) is 0 Å². The molecule has 2 saturated heterocycles. The fourth-order valence-corrected chi connectivity index (χ4v) is 2.80. The van der Waals surface area contributed by atoms with Crippen molar-refractivity contribution in [2.75, 3.05) is 33.4 Å². The number of nitrogens with zero attached hydrogens (tertiary/aromatic N) is 1. The van der Waals surface area contributed by atoms with Crippen LogP contribution in [-0.4, -0.2) is 38.3 Å². The van der Waals surface area contributed by atoms with Crippen LogP contribution in [0.3, 0.4) is 0 Å². The van der Waals surface area contributed by atoms with E-state index in [1.807, 2.05) is 6.08 Å². The van der Waals surface area contributed by atoms with Crippen molar-refractivity contribution in [3.8, 4) is 0 Å². The Morgan fingerprint density at radius 1 is 1.44 bits per heavy atom. The fraction of sp³-hybridized carbons (Fsp3) is 0.667. The molecule has 0 aromatic rings. The highest BCUT2D eigenvalue weighted by Gasteiger charge is 2.50. The number of nitrogens with two attached hydrogens (primary N) is 1. The lowest BCUT2D eigenvalue weighted by Crippen LogP contribution is -2.65. The van der Waals surface area contributed by atoms with Crippen molar-refractivity contribution in [2.45, 2.75) is 12.8 Å². The van der Waals surface area contributed by atoms with E-state index >= 15 is 0 Å². The average molecular weight is 222 g/mol. The summed E-state index contributed by atoms with van der Waals surface area (Å²) < 4.78 is 10.7. The summed E-state index contributed by atoms with van der Waals surface area (Å²) in [5.74, 6) is 0.876. The van der Waals surface area contributed by atoms with Gasteiger partial charge >= 0.3 is 0 Å². The van der Waals surface area contributed by atoms with Crippen molar-refractivity contribution in [2.24, 2.45) is 11.1 Å². The van der Waals surface area contributed by atoms with Gasteiger partial charge in [0, 0.05) is 13.1 Å². The molecule has 1 spiro atoms. The maximum Gasteiger partial charge on any atom is 0.160 e. The van der Waals surface area contributed by atoms with Gasteiger partial charge in [-0.2, -0.15) is 0 Å². The Morgan fingerprint density at radius 3 is 2.75 bits per heavy atom. The molecule has 0 aromatic carbocycles. The normalized spacial score (nSPS) is 27.3. The minimum atomic E-state index is 0.446. The molecule has 88 valence electrons. The van der Waals surface area contributed by atoms with Gasteiger partial charge in [-0.15, -0.1) is 0 Å². The van der Waals surface area contributed by atoms with Crippen molar-refractivity contribution in [3.63, 3.8) is 0 Å². The Bertz CT molecular complexity index is 361. The maximum atomic E-state index is 5.94. The molecule has 4 heteroatoms. The summed E-state index contributed by atoms with van der Waals surface area (Å²) in [5, 5.41) is 0. The minimum absolute atomic E-state index is 0.446. The molecule has 16 heavy (non-hydrogen) atoms. The Labute approximate surface area is 95.7 Å². The first-order valence-corrected chi connectivity index (χ1v) is 5.80. The predicted octanol–water partition coefficient (Wildman–Crippen LogP) is 0.813. The van der Waals surface area contributed by atoms with Crippen molar-refractivity contribution < 1.29 is 9.47 Å².